The van der Waals surface area contributed by atoms with Crippen molar-refractivity contribution < 1.29 is 5.11 Å². The minimum Gasteiger partial charge on any atom is -0.506 e. The van der Waals surface area contributed by atoms with Gasteiger partial charge in [0.15, 0.2) is 5.96 Å². The van der Waals surface area contributed by atoms with Gasteiger partial charge in [-0.2, -0.15) is 0 Å². The summed E-state index contributed by atoms with van der Waals surface area (Å²) < 4.78 is 2.07. The monoisotopic (exact) mass is 527 g/mol. The lowest BCUT2D eigenvalue weighted by molar-refractivity contribution is 0.363. The number of anilines is 1. The van der Waals surface area contributed by atoms with Gasteiger partial charge < -0.3 is 24.8 Å². The number of phenols is 1. The Morgan fingerprint density at radius 2 is 1.93 bits per heavy atom. The van der Waals surface area contributed by atoms with E-state index in [1.165, 1.54) is 0 Å². The largest absolute Gasteiger partial charge is 0.506 e. The molecule has 0 aliphatic carbocycles. The number of nitrogens with zero attached hydrogens (tertiary/aromatic N) is 6. The predicted octanol–water partition coefficient (Wildman–Crippen LogP) is 2.73. The Kier molecular flexibility index (Phi) is 9.67. The first kappa shape index (κ1) is 24.2. The molecule has 0 amide bonds. The molecule has 0 saturated carbocycles. The molecule has 2 heterocycles. The van der Waals surface area contributed by atoms with E-state index in [2.05, 4.69) is 50.7 Å². The Morgan fingerprint density at radius 1 is 1.20 bits per heavy atom. The summed E-state index contributed by atoms with van der Waals surface area (Å²) in [6.45, 7) is 11.3. The number of aryl methyl sites for hydroxylation is 1. The normalized spacial score (nSPS) is 15.6. The van der Waals surface area contributed by atoms with Gasteiger partial charge in [-0.3, -0.25) is 4.99 Å². The average molecular weight is 527 g/mol. The second-order valence-electron chi connectivity index (χ2n) is 7.42. The molecule has 0 spiro atoms. The first-order valence-electron chi connectivity index (χ1n) is 10.6. The quantitative estimate of drug-likeness (QED) is 0.328. The molecule has 30 heavy (non-hydrogen) atoms. The smallest absolute Gasteiger partial charge is 0.194 e. The van der Waals surface area contributed by atoms with Crippen molar-refractivity contribution in [3.8, 4) is 5.75 Å². The van der Waals surface area contributed by atoms with Gasteiger partial charge in [0.2, 0.25) is 0 Å². The molecule has 2 aromatic rings. The van der Waals surface area contributed by atoms with E-state index >= 15 is 0 Å². The Balaban J connectivity index is 0.00000320. The first-order valence-corrected chi connectivity index (χ1v) is 10.6. The molecule has 1 aromatic heterocycles. The first-order chi connectivity index (χ1) is 14.1. The zero-order valence-electron chi connectivity index (χ0n) is 18.2. The zero-order chi connectivity index (χ0) is 20.6. The zero-order valence-corrected chi connectivity index (χ0v) is 20.5. The minimum absolute atomic E-state index is 0. The van der Waals surface area contributed by atoms with Crippen LogP contribution in [0.4, 0.5) is 5.69 Å². The van der Waals surface area contributed by atoms with Crippen molar-refractivity contribution in [3.05, 3.63) is 36.4 Å². The lowest BCUT2D eigenvalue weighted by Crippen LogP contribution is -2.54. The predicted molar refractivity (Wildman–Crippen MR) is 132 cm³/mol. The molecule has 0 radical (unpaired) electrons. The van der Waals surface area contributed by atoms with E-state index in [1.807, 2.05) is 18.2 Å². The van der Waals surface area contributed by atoms with E-state index in [0.717, 1.165) is 63.0 Å². The molecule has 1 aromatic carbocycles. The number of benzene rings is 1. The van der Waals surface area contributed by atoms with Gasteiger partial charge in [0, 0.05) is 45.2 Å². The molecule has 1 aliphatic heterocycles. The number of piperazine rings is 1. The second kappa shape index (κ2) is 12.0. The van der Waals surface area contributed by atoms with E-state index in [9.17, 15) is 5.11 Å². The minimum atomic E-state index is 0. The van der Waals surface area contributed by atoms with E-state index in [1.54, 1.807) is 12.4 Å². The molecule has 9 heteroatoms. The fourth-order valence-electron chi connectivity index (χ4n) is 3.45. The number of aliphatic imine (C=N–C) groups is 1. The summed E-state index contributed by atoms with van der Waals surface area (Å²) in [6.07, 6.45) is 3.69. The summed E-state index contributed by atoms with van der Waals surface area (Å²) in [7, 11) is 0. The van der Waals surface area contributed by atoms with Crippen LogP contribution < -0.4 is 10.2 Å². The Labute approximate surface area is 196 Å². The van der Waals surface area contributed by atoms with Gasteiger partial charge in [0.1, 0.15) is 17.9 Å². The van der Waals surface area contributed by atoms with Gasteiger partial charge in [-0.15, -0.1) is 34.2 Å². The van der Waals surface area contributed by atoms with Crippen LogP contribution in [0.1, 0.15) is 33.0 Å². The maximum atomic E-state index is 10.1. The Morgan fingerprint density at radius 3 is 2.60 bits per heavy atom. The fraction of sp³-hybridized carbons (Fsp3) is 0.571. The maximum absolute atomic E-state index is 10.1. The van der Waals surface area contributed by atoms with Crippen molar-refractivity contribution in [1.29, 1.82) is 0 Å². The number of hydrogen-bond acceptors (Lipinski definition) is 5. The van der Waals surface area contributed by atoms with Crippen LogP contribution in [0.25, 0.3) is 0 Å². The van der Waals surface area contributed by atoms with Crippen molar-refractivity contribution in [3.63, 3.8) is 0 Å². The standard InChI is InChI=1S/C21H33N7O.HI/c1-4-17(3)24-21(22-10-11-28-16-23-25-20(28)5-2)27-14-12-26(13-15-27)18-8-6-7-9-19(18)29;/h6-9,16-17,29H,4-5,10-15H2,1-3H3,(H,22,24);1H. The third-order valence-corrected chi connectivity index (χ3v) is 5.40. The summed E-state index contributed by atoms with van der Waals surface area (Å²) in [5, 5.41) is 21.9. The van der Waals surface area contributed by atoms with Crippen LogP contribution in [0, 0.1) is 0 Å². The van der Waals surface area contributed by atoms with Gasteiger partial charge in [0.25, 0.3) is 0 Å². The van der Waals surface area contributed by atoms with Crippen LogP contribution in [-0.4, -0.2) is 69.5 Å². The number of guanidine groups is 1. The lowest BCUT2D eigenvalue weighted by Gasteiger charge is -2.38. The number of aromatic hydroxyl groups is 1. The highest BCUT2D eigenvalue weighted by molar-refractivity contribution is 14.0. The highest BCUT2D eigenvalue weighted by atomic mass is 127. The van der Waals surface area contributed by atoms with Crippen molar-refractivity contribution >= 4 is 35.6 Å². The van der Waals surface area contributed by atoms with Gasteiger partial charge in [-0.1, -0.05) is 26.0 Å². The summed E-state index contributed by atoms with van der Waals surface area (Å²) in [4.78, 5) is 9.44. The molecular formula is C21H34IN7O. The maximum Gasteiger partial charge on any atom is 0.194 e. The summed E-state index contributed by atoms with van der Waals surface area (Å²) in [5.74, 6) is 2.29. The molecule has 1 unspecified atom stereocenters. The number of halogens is 1. The molecule has 3 rings (SSSR count). The van der Waals surface area contributed by atoms with Crippen molar-refractivity contribution in [2.45, 2.75) is 46.2 Å². The van der Waals surface area contributed by atoms with E-state index in [4.69, 9.17) is 4.99 Å². The average Bonchev–Trinajstić information content (AvgIpc) is 3.21. The summed E-state index contributed by atoms with van der Waals surface area (Å²) >= 11 is 0. The third kappa shape index (κ3) is 6.23. The molecule has 1 aliphatic rings. The van der Waals surface area contributed by atoms with Crippen LogP contribution in [0.5, 0.6) is 5.75 Å². The van der Waals surface area contributed by atoms with Gasteiger partial charge in [-0.25, -0.2) is 0 Å². The lowest BCUT2D eigenvalue weighted by atomic mass is 10.2. The highest BCUT2D eigenvalue weighted by Crippen LogP contribution is 2.27. The fourth-order valence-corrected chi connectivity index (χ4v) is 3.45. The van der Waals surface area contributed by atoms with Crippen molar-refractivity contribution in [1.82, 2.24) is 25.0 Å². The summed E-state index contributed by atoms with van der Waals surface area (Å²) in [5.41, 5.74) is 0.903. The topological polar surface area (TPSA) is 81.8 Å². The Hall–Kier alpha value is -2.04. The molecule has 166 valence electrons. The molecule has 1 fully saturated rings. The van der Waals surface area contributed by atoms with Gasteiger partial charge in [0.05, 0.1) is 12.2 Å². The molecule has 2 N–H and O–H groups in total. The van der Waals surface area contributed by atoms with Crippen LogP contribution in [-0.2, 0) is 13.0 Å². The van der Waals surface area contributed by atoms with Crippen LogP contribution in [0.2, 0.25) is 0 Å². The van der Waals surface area contributed by atoms with E-state index < -0.39 is 0 Å². The molecular weight excluding hydrogens is 493 g/mol. The van der Waals surface area contributed by atoms with Gasteiger partial charge >= 0.3 is 0 Å². The van der Waals surface area contributed by atoms with Crippen LogP contribution in [0.15, 0.2) is 35.6 Å². The Bertz CT molecular complexity index is 802. The van der Waals surface area contributed by atoms with Crippen molar-refractivity contribution in [2.75, 3.05) is 37.6 Å². The SMILES string of the molecule is CCc1nncn1CCN=C(NC(C)CC)N1CCN(c2ccccc2O)CC1.I. The molecule has 0 bridgehead atoms. The van der Waals surface area contributed by atoms with Gasteiger partial charge in [-0.05, 0) is 25.5 Å². The number of aromatic nitrogens is 3. The number of nitrogens with one attached hydrogen (secondary N) is 1. The molecule has 1 atom stereocenters. The van der Waals surface area contributed by atoms with E-state index in [-0.39, 0.29) is 24.0 Å². The number of para-hydroxylation sites is 2. The van der Waals surface area contributed by atoms with Crippen LogP contribution >= 0.6 is 24.0 Å². The number of phenolic OH excluding ortho intramolecular Hbond substituents is 1. The van der Waals surface area contributed by atoms with E-state index in [0.29, 0.717) is 18.3 Å². The molecule has 1 saturated heterocycles. The number of rotatable bonds is 7. The molecule has 8 nitrogen and oxygen atoms in total. The second-order valence-corrected chi connectivity index (χ2v) is 7.42. The van der Waals surface area contributed by atoms with Crippen molar-refractivity contribution in [2.24, 2.45) is 4.99 Å². The third-order valence-electron chi connectivity index (χ3n) is 5.40. The number of hydrogen-bond donors (Lipinski definition) is 2. The summed E-state index contributed by atoms with van der Waals surface area (Å²) in [6, 6.07) is 7.91. The van der Waals surface area contributed by atoms with Crippen LogP contribution in [0.3, 0.4) is 0 Å². The highest BCUT2D eigenvalue weighted by Gasteiger charge is 2.22.